The Bertz CT molecular complexity index is 452. The van der Waals surface area contributed by atoms with Crippen LogP contribution in [0.15, 0.2) is 24.3 Å². The summed E-state index contributed by atoms with van der Waals surface area (Å²) in [6, 6.07) is 5.07. The molecule has 0 bridgehead atoms. The number of carboxylic acids is 1. The predicted molar refractivity (Wildman–Crippen MR) is 72.4 cm³/mol. The fourth-order valence-corrected chi connectivity index (χ4v) is 1.58. The number of methoxy groups -OCH3 is 1. The van der Waals surface area contributed by atoms with E-state index in [4.69, 9.17) is 27.9 Å². The molecule has 1 aromatic carbocycles. The van der Waals surface area contributed by atoms with Crippen molar-refractivity contribution < 1.29 is 19.7 Å². The van der Waals surface area contributed by atoms with Crippen molar-refractivity contribution in [1.29, 1.82) is 0 Å². The summed E-state index contributed by atoms with van der Waals surface area (Å²) >= 11 is 4.72. The van der Waals surface area contributed by atoms with E-state index in [9.17, 15) is 9.90 Å². The molecule has 0 amide bonds. The molecule has 0 heterocycles. The second-order valence-corrected chi connectivity index (χ2v) is 4.06. The molecule has 2 unspecified atom stereocenters. The summed E-state index contributed by atoms with van der Waals surface area (Å²) < 4.78 is 4.98. The van der Waals surface area contributed by atoms with Crippen LogP contribution in [-0.2, 0) is 4.79 Å². The molecule has 0 fully saturated rings. The van der Waals surface area contributed by atoms with Crippen molar-refractivity contribution in [3.05, 3.63) is 29.8 Å². The van der Waals surface area contributed by atoms with Gasteiger partial charge in [-0.15, -0.1) is 0 Å². The highest BCUT2D eigenvalue weighted by molar-refractivity contribution is 7.80. The van der Waals surface area contributed by atoms with Crippen LogP contribution in [0.2, 0.25) is 0 Å². The molecule has 7 nitrogen and oxygen atoms in total. The largest absolute Gasteiger partial charge is 0.497 e. The number of benzene rings is 1. The van der Waals surface area contributed by atoms with E-state index in [-0.39, 0.29) is 5.11 Å². The van der Waals surface area contributed by atoms with Crippen LogP contribution in [0.3, 0.4) is 0 Å². The highest BCUT2D eigenvalue weighted by Gasteiger charge is 2.28. The Kier molecular flexibility index (Phi) is 5.49. The number of aliphatic carboxylic acids is 1. The van der Waals surface area contributed by atoms with Crippen LogP contribution in [0.1, 0.15) is 11.7 Å². The molecule has 6 N–H and O–H groups in total. The minimum atomic E-state index is -1.31. The van der Waals surface area contributed by atoms with Gasteiger partial charge in [0.1, 0.15) is 11.9 Å². The first-order valence-electron chi connectivity index (χ1n) is 5.31. The number of thiocarbonyl (C=S) groups is 1. The van der Waals surface area contributed by atoms with E-state index in [1.54, 1.807) is 24.3 Å². The molecular formula is C11H15N3O4S. The van der Waals surface area contributed by atoms with Crippen molar-refractivity contribution in [2.75, 3.05) is 7.11 Å². The highest BCUT2D eigenvalue weighted by atomic mass is 32.1. The quantitative estimate of drug-likeness (QED) is 0.280. The van der Waals surface area contributed by atoms with E-state index in [0.29, 0.717) is 11.3 Å². The number of aliphatic hydroxyl groups excluding tert-OH is 1. The van der Waals surface area contributed by atoms with Gasteiger partial charge in [0.05, 0.1) is 7.11 Å². The monoisotopic (exact) mass is 285 g/mol. The van der Waals surface area contributed by atoms with Crippen LogP contribution in [0.5, 0.6) is 5.75 Å². The smallest absolute Gasteiger partial charge is 0.329 e. The first-order valence-corrected chi connectivity index (χ1v) is 5.72. The van der Waals surface area contributed by atoms with Gasteiger partial charge in [-0.05, 0) is 29.9 Å². The molecule has 2 atom stereocenters. The number of nitrogens with two attached hydrogens (primary N) is 1. The summed E-state index contributed by atoms with van der Waals surface area (Å²) in [6.45, 7) is 0. The standard InChI is InChI=1S/C11H15N3O4S/c1-18-7-4-2-6(3-5-7)9(15)8(10(16)17)13-11(19)14-12/h2-5,8-9,15H,12H2,1H3,(H,16,17)(H2,13,14,19). The van der Waals surface area contributed by atoms with Gasteiger partial charge in [-0.2, -0.15) is 0 Å². The maximum Gasteiger partial charge on any atom is 0.329 e. The summed E-state index contributed by atoms with van der Waals surface area (Å²) in [4.78, 5) is 11.1. The lowest BCUT2D eigenvalue weighted by atomic mass is 10.0. The Labute approximate surface area is 115 Å². The van der Waals surface area contributed by atoms with E-state index in [1.807, 2.05) is 0 Å². The molecule has 0 saturated carbocycles. The molecule has 0 saturated heterocycles. The number of carbonyl (C=O) groups is 1. The number of ether oxygens (including phenoxy) is 1. The number of hydrogen-bond acceptors (Lipinski definition) is 5. The number of rotatable bonds is 5. The summed E-state index contributed by atoms with van der Waals surface area (Å²) in [6.07, 6.45) is -1.28. The molecule has 0 radical (unpaired) electrons. The third-order valence-electron chi connectivity index (χ3n) is 2.46. The molecule has 104 valence electrons. The summed E-state index contributed by atoms with van der Waals surface area (Å²) in [5, 5.41) is 21.5. The normalized spacial score (nSPS) is 13.2. The van der Waals surface area contributed by atoms with Gasteiger partial charge < -0.3 is 25.7 Å². The minimum absolute atomic E-state index is 0.0695. The molecule has 0 aliphatic heterocycles. The van der Waals surface area contributed by atoms with Crippen LogP contribution in [0, 0.1) is 0 Å². The minimum Gasteiger partial charge on any atom is -0.497 e. The fourth-order valence-electron chi connectivity index (χ4n) is 1.45. The van der Waals surface area contributed by atoms with Gasteiger partial charge in [-0.25, -0.2) is 10.6 Å². The second-order valence-electron chi connectivity index (χ2n) is 3.65. The molecule has 0 aromatic heterocycles. The number of hydrogen-bond donors (Lipinski definition) is 5. The van der Waals surface area contributed by atoms with Gasteiger partial charge >= 0.3 is 5.97 Å². The van der Waals surface area contributed by atoms with Gasteiger partial charge in [0.25, 0.3) is 0 Å². The fraction of sp³-hybridized carbons (Fsp3) is 0.273. The summed E-state index contributed by atoms with van der Waals surface area (Å²) in [7, 11) is 1.51. The summed E-state index contributed by atoms with van der Waals surface area (Å²) in [5.74, 6) is 4.41. The lowest BCUT2D eigenvalue weighted by Crippen LogP contribution is -2.50. The molecule has 19 heavy (non-hydrogen) atoms. The van der Waals surface area contributed by atoms with Crippen molar-refractivity contribution in [1.82, 2.24) is 10.7 Å². The van der Waals surface area contributed by atoms with E-state index in [0.717, 1.165) is 0 Å². The molecular weight excluding hydrogens is 270 g/mol. The van der Waals surface area contributed by atoms with E-state index in [2.05, 4.69) is 10.7 Å². The van der Waals surface area contributed by atoms with E-state index in [1.165, 1.54) is 7.11 Å². The zero-order valence-electron chi connectivity index (χ0n) is 10.2. The van der Waals surface area contributed by atoms with Crippen LogP contribution >= 0.6 is 12.2 Å². The van der Waals surface area contributed by atoms with Gasteiger partial charge in [-0.3, -0.25) is 0 Å². The zero-order valence-corrected chi connectivity index (χ0v) is 11.0. The Balaban J connectivity index is 2.88. The third-order valence-corrected chi connectivity index (χ3v) is 2.69. The van der Waals surface area contributed by atoms with Crippen LogP contribution in [0.25, 0.3) is 0 Å². The number of carboxylic acid groups (broad SMARTS) is 1. The highest BCUT2D eigenvalue weighted by Crippen LogP contribution is 2.20. The average molecular weight is 285 g/mol. The van der Waals surface area contributed by atoms with Crippen molar-refractivity contribution in [3.8, 4) is 5.75 Å². The SMILES string of the molecule is COc1ccc(C(O)C(NC(=S)NN)C(=O)O)cc1. The Morgan fingerprint density at radius 3 is 2.42 bits per heavy atom. The van der Waals surface area contributed by atoms with Crippen molar-refractivity contribution in [2.45, 2.75) is 12.1 Å². The third kappa shape index (κ3) is 4.05. The molecule has 1 rings (SSSR count). The average Bonchev–Trinajstić information content (AvgIpc) is 2.43. The zero-order chi connectivity index (χ0) is 14.4. The van der Waals surface area contributed by atoms with Crippen molar-refractivity contribution >= 4 is 23.3 Å². The van der Waals surface area contributed by atoms with Gasteiger partial charge in [0.15, 0.2) is 11.2 Å². The first kappa shape index (κ1) is 15.2. The lowest BCUT2D eigenvalue weighted by molar-refractivity contribution is -0.142. The number of aliphatic hydroxyl groups is 1. The molecule has 0 aliphatic rings. The van der Waals surface area contributed by atoms with Crippen LogP contribution < -0.4 is 21.3 Å². The molecule has 0 aliphatic carbocycles. The Hall–Kier alpha value is -1.90. The van der Waals surface area contributed by atoms with E-state index >= 15 is 0 Å². The van der Waals surface area contributed by atoms with Gasteiger partial charge in [0.2, 0.25) is 0 Å². The number of hydrazine groups is 1. The second kappa shape index (κ2) is 6.88. The predicted octanol–water partition coefficient (Wildman–Crippen LogP) is -0.480. The summed E-state index contributed by atoms with van der Waals surface area (Å²) in [5.41, 5.74) is 2.52. The van der Waals surface area contributed by atoms with Crippen molar-refractivity contribution in [2.24, 2.45) is 5.84 Å². The topological polar surface area (TPSA) is 117 Å². The van der Waals surface area contributed by atoms with Gasteiger partial charge in [0, 0.05) is 0 Å². The van der Waals surface area contributed by atoms with Crippen molar-refractivity contribution in [3.63, 3.8) is 0 Å². The molecule has 1 aromatic rings. The van der Waals surface area contributed by atoms with Crippen LogP contribution in [-0.4, -0.2) is 34.4 Å². The molecule has 8 heteroatoms. The maximum atomic E-state index is 11.1. The molecule has 0 spiro atoms. The van der Waals surface area contributed by atoms with E-state index < -0.39 is 18.1 Å². The number of nitrogens with one attached hydrogen (secondary N) is 2. The first-order chi connectivity index (χ1) is 8.99. The maximum absolute atomic E-state index is 11.1. The lowest BCUT2D eigenvalue weighted by Gasteiger charge is -2.21. The van der Waals surface area contributed by atoms with Gasteiger partial charge in [-0.1, -0.05) is 12.1 Å². The Morgan fingerprint density at radius 1 is 1.42 bits per heavy atom. The Morgan fingerprint density at radius 2 is 2.00 bits per heavy atom. The van der Waals surface area contributed by atoms with Crippen LogP contribution in [0.4, 0.5) is 0 Å².